The summed E-state index contributed by atoms with van der Waals surface area (Å²) in [4.78, 5) is 118. The van der Waals surface area contributed by atoms with Gasteiger partial charge in [-0.3, -0.25) is 38.4 Å². The topological polar surface area (TPSA) is 230 Å². The van der Waals surface area contributed by atoms with Gasteiger partial charge in [-0.25, -0.2) is 0 Å². The van der Waals surface area contributed by atoms with E-state index in [4.69, 9.17) is 0 Å². The number of hydrogen-bond donors (Lipinski definition) is 7. The zero-order valence-corrected chi connectivity index (χ0v) is 50.2. The van der Waals surface area contributed by atoms with E-state index in [0.717, 1.165) is 66.3 Å². The zero-order chi connectivity index (χ0) is 60.1. The van der Waals surface area contributed by atoms with E-state index < -0.39 is 64.9 Å². The maximum absolute atomic E-state index is 15.0. The summed E-state index contributed by atoms with van der Waals surface area (Å²) < 4.78 is 0. The summed E-state index contributed by atoms with van der Waals surface area (Å²) in [5.74, 6) is -2.75. The van der Waals surface area contributed by atoms with Gasteiger partial charge in [0, 0.05) is 43.7 Å². The van der Waals surface area contributed by atoms with Gasteiger partial charge in [-0.15, -0.1) is 0 Å². The van der Waals surface area contributed by atoms with Crippen LogP contribution in [0.25, 0.3) is 0 Å². The van der Waals surface area contributed by atoms with Crippen LogP contribution in [-0.2, 0) is 65.9 Å². The largest absolute Gasteiger partial charge is 0.347 e. The Kier molecular flexibility index (Phi) is 19.3. The summed E-state index contributed by atoms with van der Waals surface area (Å²) >= 11 is 0. The van der Waals surface area contributed by atoms with Crippen LogP contribution in [0.1, 0.15) is 156 Å². The van der Waals surface area contributed by atoms with Crippen LogP contribution in [0.3, 0.4) is 0 Å². The van der Waals surface area contributed by atoms with Crippen LogP contribution in [0.2, 0.25) is 0 Å². The Labute approximate surface area is 489 Å². The molecule has 8 amide bonds. The number of hydrogen-bond acceptors (Lipinski definition) is 10. The van der Waals surface area contributed by atoms with Crippen molar-refractivity contribution in [1.29, 1.82) is 0 Å². The minimum atomic E-state index is -0.969. The van der Waals surface area contributed by atoms with Gasteiger partial charge in [0.1, 0.15) is 24.2 Å². The molecule has 7 N–H and O–H groups in total. The molecule has 0 saturated carbocycles. The van der Waals surface area contributed by atoms with Crippen molar-refractivity contribution in [3.63, 3.8) is 0 Å². The highest BCUT2D eigenvalue weighted by atomic mass is 16.2. The predicted octanol–water partition coefficient (Wildman–Crippen LogP) is 5.86. The van der Waals surface area contributed by atoms with Crippen LogP contribution in [0.5, 0.6) is 0 Å². The lowest BCUT2D eigenvalue weighted by atomic mass is 9.83. The van der Waals surface area contributed by atoms with Crippen molar-refractivity contribution in [2.75, 3.05) is 25.5 Å². The van der Waals surface area contributed by atoms with Gasteiger partial charge < -0.3 is 51.9 Å². The average molecular weight is 1140 g/mol. The zero-order valence-electron chi connectivity index (χ0n) is 50.2. The Bertz CT molecular complexity index is 3080. The molecule has 4 aromatic carbocycles. The second-order valence-electron chi connectivity index (χ2n) is 25.3. The quantitative estimate of drug-likeness (QED) is 0.0667. The molecular weight excluding hydrogens is 1050 g/mol. The number of aryl methyl sites for hydroxylation is 2. The Morgan fingerprint density at radius 3 is 1.61 bits per heavy atom. The van der Waals surface area contributed by atoms with Gasteiger partial charge in [0.25, 0.3) is 5.91 Å². The normalized spacial score (nSPS) is 20.9. The molecule has 1 saturated heterocycles. The van der Waals surface area contributed by atoms with Gasteiger partial charge in [-0.1, -0.05) is 108 Å². The first-order chi connectivity index (χ1) is 39.4. The number of carbonyl (C=O) groups is 8. The fourth-order valence-electron chi connectivity index (χ4n) is 12.0. The standard InChI is InChI=1S/C65H86N10O8/c1-38(66-10)57(77)71-55(64(4,5)6)62(82)74-36-46-32-48(31-30-45(46)33-53(74)60(80)69-51-24-16-20-42-18-12-14-22-49(42)51)73(40(3)76)35-41-26-28-44(29-27-41)59(79)68-47-34-54(61(81)70-52-25-17-21-43-19-13-15-23-50(43)52)75(37-47)63(83)56(65(7,8)9)72-58(78)39(2)67-11/h12-15,18-19,22-23,26-32,38-39,47,51-56,66-67H,16-17,20-21,24-25,33-37H2,1-11H3,(H,68,79)(H,69,80)(H,70,81)(H,71,77)(H,72,78)/t38?,39?,47-,51+,52+,53?,54-,55?,56?/m0/s1. The number of rotatable bonds is 17. The lowest BCUT2D eigenvalue weighted by Gasteiger charge is -2.42. The molecule has 18 heteroatoms. The maximum Gasteiger partial charge on any atom is 0.251 e. The summed E-state index contributed by atoms with van der Waals surface area (Å²) in [5, 5.41) is 21.4. The van der Waals surface area contributed by atoms with Gasteiger partial charge in [0.2, 0.25) is 41.4 Å². The minimum Gasteiger partial charge on any atom is -0.347 e. The third kappa shape index (κ3) is 14.3. The molecule has 2 heterocycles. The number of likely N-dealkylation sites (tertiary alicyclic amines) is 1. The van der Waals surface area contributed by atoms with E-state index >= 15 is 4.79 Å². The minimum absolute atomic E-state index is 0.0410. The van der Waals surface area contributed by atoms with Crippen LogP contribution < -0.4 is 42.1 Å². The van der Waals surface area contributed by atoms with Gasteiger partial charge in [-0.05, 0) is 147 Å². The van der Waals surface area contributed by atoms with Gasteiger partial charge >= 0.3 is 0 Å². The molecule has 2 aliphatic carbocycles. The van der Waals surface area contributed by atoms with Crippen molar-refractivity contribution in [3.8, 4) is 0 Å². The van der Waals surface area contributed by atoms with Crippen molar-refractivity contribution >= 4 is 52.9 Å². The maximum atomic E-state index is 15.0. The van der Waals surface area contributed by atoms with Gasteiger partial charge in [0.15, 0.2) is 0 Å². The van der Waals surface area contributed by atoms with Gasteiger partial charge in [-0.2, -0.15) is 0 Å². The van der Waals surface area contributed by atoms with Crippen LogP contribution in [0.15, 0.2) is 91.0 Å². The average Bonchev–Trinajstić information content (AvgIpc) is 3.31. The van der Waals surface area contributed by atoms with Crippen LogP contribution in [-0.4, -0.2) is 120 Å². The molecule has 83 heavy (non-hydrogen) atoms. The monoisotopic (exact) mass is 1130 g/mol. The Morgan fingerprint density at radius 1 is 0.602 bits per heavy atom. The highest BCUT2D eigenvalue weighted by molar-refractivity contribution is 5.97. The second kappa shape index (κ2) is 26.0. The smallest absolute Gasteiger partial charge is 0.251 e. The molecule has 4 aliphatic rings. The van der Waals surface area contributed by atoms with E-state index in [1.165, 1.54) is 23.0 Å². The van der Waals surface area contributed by atoms with E-state index in [-0.39, 0.29) is 80.0 Å². The summed E-state index contributed by atoms with van der Waals surface area (Å²) in [6.07, 6.45) is 5.54. The van der Waals surface area contributed by atoms with E-state index in [2.05, 4.69) is 49.4 Å². The molecule has 1 fully saturated rings. The number of carbonyl (C=O) groups excluding carboxylic acids is 8. The third-order valence-electron chi connectivity index (χ3n) is 17.2. The molecule has 2 aliphatic heterocycles. The SMILES string of the molecule is CNC(C)C(=O)NC(C(=O)N1Cc2cc(N(Cc3ccc(C(=O)N[C@H]4C[C@@H](C(=O)N[C@@H]5CCCc6ccccc65)N(C(=O)C(NC(=O)C(C)NC)C(C)(C)C)C4)cc3)C(C)=O)ccc2CC1C(=O)N[C@@H]1CCCc2ccccc21)C(C)(C)C. The van der Waals surface area contributed by atoms with Crippen molar-refractivity contribution in [2.24, 2.45) is 10.8 Å². The highest BCUT2D eigenvalue weighted by Crippen LogP contribution is 2.35. The number of benzene rings is 4. The third-order valence-corrected chi connectivity index (χ3v) is 17.2. The molecule has 18 nitrogen and oxygen atoms in total. The number of fused-ring (bicyclic) bond motifs is 3. The number of likely N-dealkylation sites (N-methyl/N-ethyl adjacent to an activating group) is 2. The molecular formula is C65H86N10O8. The van der Waals surface area contributed by atoms with E-state index in [0.29, 0.717) is 11.3 Å². The molecule has 0 bridgehead atoms. The second-order valence-corrected chi connectivity index (χ2v) is 25.3. The number of anilines is 1. The van der Waals surface area contributed by atoms with Crippen molar-refractivity contribution in [3.05, 3.63) is 136 Å². The van der Waals surface area contributed by atoms with Crippen LogP contribution >= 0.6 is 0 Å². The summed E-state index contributed by atoms with van der Waals surface area (Å²) in [5.41, 5.74) is 6.31. The first-order valence-electron chi connectivity index (χ1n) is 29.5. The molecule has 4 aromatic rings. The Balaban J connectivity index is 0.998. The van der Waals surface area contributed by atoms with E-state index in [1.54, 1.807) is 62.0 Å². The summed E-state index contributed by atoms with van der Waals surface area (Å²) in [6.45, 7) is 16.4. The lowest BCUT2D eigenvalue weighted by Crippen LogP contribution is -2.62. The molecule has 444 valence electrons. The molecule has 0 spiro atoms. The predicted molar refractivity (Wildman–Crippen MR) is 320 cm³/mol. The fourth-order valence-corrected chi connectivity index (χ4v) is 12.0. The van der Waals surface area contributed by atoms with E-state index in [1.807, 2.05) is 96.1 Å². The molecule has 0 aromatic heterocycles. The van der Waals surface area contributed by atoms with Gasteiger partial charge in [0.05, 0.1) is 30.7 Å². The first kappa shape index (κ1) is 61.6. The van der Waals surface area contributed by atoms with Crippen molar-refractivity contribution in [1.82, 2.24) is 47.0 Å². The van der Waals surface area contributed by atoms with E-state index in [9.17, 15) is 33.6 Å². The van der Waals surface area contributed by atoms with Crippen molar-refractivity contribution in [2.45, 2.75) is 181 Å². The van der Waals surface area contributed by atoms with Crippen LogP contribution in [0.4, 0.5) is 5.69 Å². The number of amides is 8. The molecule has 8 rings (SSSR count). The molecule has 0 radical (unpaired) electrons. The fraction of sp³-hybridized carbons (Fsp3) is 0.508. The molecule has 5 unspecified atom stereocenters. The molecule has 9 atom stereocenters. The Hall–Kier alpha value is -7.44. The van der Waals surface area contributed by atoms with Crippen molar-refractivity contribution < 1.29 is 38.4 Å². The number of nitrogens with zero attached hydrogens (tertiary/aromatic N) is 3. The summed E-state index contributed by atoms with van der Waals surface area (Å²) in [7, 11) is 3.34. The first-order valence-corrected chi connectivity index (χ1v) is 29.5. The van der Waals surface area contributed by atoms with Crippen LogP contribution in [0, 0.1) is 10.8 Å². The summed E-state index contributed by atoms with van der Waals surface area (Å²) in [6, 6.07) is 22.8. The number of nitrogens with one attached hydrogen (secondary N) is 7. The lowest BCUT2D eigenvalue weighted by molar-refractivity contribution is -0.147. The highest BCUT2D eigenvalue weighted by Gasteiger charge is 2.47. The Morgan fingerprint density at radius 2 is 1.11 bits per heavy atom.